The molecule has 9 heteroatoms. The molecule has 0 spiro atoms. The van der Waals surface area contributed by atoms with E-state index in [0.717, 1.165) is 5.01 Å². The summed E-state index contributed by atoms with van der Waals surface area (Å²) in [5.41, 5.74) is 0.412. The summed E-state index contributed by atoms with van der Waals surface area (Å²) < 4.78 is 0. The molecule has 0 aliphatic heterocycles. The van der Waals surface area contributed by atoms with Gasteiger partial charge in [0.05, 0.1) is 4.92 Å². The van der Waals surface area contributed by atoms with Crippen LogP contribution in [0.15, 0.2) is 24.3 Å². The molecule has 0 atom stereocenters. The smallest absolute Gasteiger partial charge is 0.308 e. The zero-order chi connectivity index (χ0) is 13.8. The number of nitrogens with zero attached hydrogens (tertiary/aromatic N) is 3. The Labute approximate surface area is 111 Å². The van der Waals surface area contributed by atoms with E-state index in [1.54, 1.807) is 6.92 Å². The molecule has 0 fully saturated rings. The lowest BCUT2D eigenvalue weighted by molar-refractivity contribution is -0.384. The van der Waals surface area contributed by atoms with Crippen molar-refractivity contribution in [2.45, 2.75) is 6.92 Å². The van der Waals surface area contributed by atoms with Crippen LogP contribution in [0.25, 0.3) is 0 Å². The molecule has 0 aliphatic rings. The SMILES string of the molecule is Cc1nnc(NC(=O)Nc2ccc([N+](=O)[O-])cc2)s1. The molecule has 2 aromatic rings. The van der Waals surface area contributed by atoms with Crippen LogP contribution in [0.5, 0.6) is 0 Å². The van der Waals surface area contributed by atoms with E-state index in [2.05, 4.69) is 20.8 Å². The lowest BCUT2D eigenvalue weighted by Crippen LogP contribution is -2.19. The summed E-state index contributed by atoms with van der Waals surface area (Å²) >= 11 is 1.25. The van der Waals surface area contributed by atoms with Crippen molar-refractivity contribution in [3.05, 3.63) is 39.4 Å². The van der Waals surface area contributed by atoms with Crippen LogP contribution in [0.1, 0.15) is 5.01 Å². The monoisotopic (exact) mass is 279 g/mol. The van der Waals surface area contributed by atoms with E-state index >= 15 is 0 Å². The number of nitrogens with one attached hydrogen (secondary N) is 2. The van der Waals surface area contributed by atoms with Gasteiger partial charge in [-0.1, -0.05) is 11.3 Å². The third kappa shape index (κ3) is 3.45. The Hall–Kier alpha value is -2.55. The van der Waals surface area contributed by atoms with E-state index in [0.29, 0.717) is 10.8 Å². The third-order valence-corrected chi connectivity index (χ3v) is 2.84. The second-order valence-corrected chi connectivity index (χ2v) is 4.69. The molecular weight excluding hydrogens is 270 g/mol. The topological polar surface area (TPSA) is 110 Å². The van der Waals surface area contributed by atoms with Gasteiger partial charge in [-0.15, -0.1) is 10.2 Å². The lowest BCUT2D eigenvalue weighted by atomic mass is 10.3. The Morgan fingerprint density at radius 3 is 2.47 bits per heavy atom. The highest BCUT2D eigenvalue weighted by atomic mass is 32.1. The number of benzene rings is 1. The number of amides is 2. The molecule has 98 valence electrons. The highest BCUT2D eigenvalue weighted by Crippen LogP contribution is 2.17. The van der Waals surface area contributed by atoms with Gasteiger partial charge in [0.15, 0.2) is 0 Å². The van der Waals surface area contributed by atoms with Crippen LogP contribution in [0.4, 0.5) is 21.3 Å². The number of rotatable bonds is 3. The van der Waals surface area contributed by atoms with Crippen molar-refractivity contribution in [1.29, 1.82) is 0 Å². The van der Waals surface area contributed by atoms with Gasteiger partial charge in [0.1, 0.15) is 5.01 Å². The van der Waals surface area contributed by atoms with E-state index in [9.17, 15) is 14.9 Å². The first-order valence-corrected chi connectivity index (χ1v) is 5.99. The van der Waals surface area contributed by atoms with E-state index in [4.69, 9.17) is 0 Å². The number of anilines is 2. The maximum absolute atomic E-state index is 11.6. The van der Waals surface area contributed by atoms with Crippen molar-refractivity contribution < 1.29 is 9.72 Å². The summed E-state index contributed by atoms with van der Waals surface area (Å²) in [5, 5.41) is 24.1. The van der Waals surface area contributed by atoms with Crippen molar-refractivity contribution in [3.8, 4) is 0 Å². The Morgan fingerprint density at radius 2 is 1.95 bits per heavy atom. The minimum absolute atomic E-state index is 0.0364. The summed E-state index contributed by atoms with van der Waals surface area (Å²) in [7, 11) is 0. The first kappa shape index (κ1) is 12.9. The molecule has 8 nitrogen and oxygen atoms in total. The summed E-state index contributed by atoms with van der Waals surface area (Å²) in [4.78, 5) is 21.6. The summed E-state index contributed by atoms with van der Waals surface area (Å²) in [6.45, 7) is 1.77. The molecular formula is C10H9N5O3S. The zero-order valence-corrected chi connectivity index (χ0v) is 10.6. The standard InChI is InChI=1S/C10H9N5O3S/c1-6-13-14-10(19-6)12-9(16)11-7-2-4-8(5-3-7)15(17)18/h2-5H,1H3,(H2,11,12,14,16). The van der Waals surface area contributed by atoms with Crippen molar-refractivity contribution in [1.82, 2.24) is 10.2 Å². The molecule has 0 aliphatic carbocycles. The fourth-order valence-electron chi connectivity index (χ4n) is 1.27. The number of non-ortho nitro benzene ring substituents is 1. The van der Waals surface area contributed by atoms with Gasteiger partial charge in [0.2, 0.25) is 5.13 Å². The number of carbonyl (C=O) groups is 1. The summed E-state index contributed by atoms with van der Waals surface area (Å²) in [6.07, 6.45) is 0. The summed E-state index contributed by atoms with van der Waals surface area (Å²) in [6, 6.07) is 5.03. The van der Waals surface area contributed by atoms with Gasteiger partial charge in [-0.3, -0.25) is 15.4 Å². The molecule has 1 aromatic heterocycles. The maximum Gasteiger partial charge on any atom is 0.325 e. The van der Waals surface area contributed by atoms with Gasteiger partial charge < -0.3 is 5.32 Å². The second-order valence-electron chi connectivity index (χ2n) is 3.51. The van der Waals surface area contributed by atoms with E-state index in [-0.39, 0.29) is 5.69 Å². The molecule has 1 heterocycles. The predicted octanol–water partition coefficient (Wildman–Crippen LogP) is 2.40. The van der Waals surface area contributed by atoms with Crippen LogP contribution in [0.2, 0.25) is 0 Å². The van der Waals surface area contributed by atoms with Crippen LogP contribution < -0.4 is 10.6 Å². The number of hydrogen-bond donors (Lipinski definition) is 2. The van der Waals surface area contributed by atoms with Gasteiger partial charge in [0, 0.05) is 17.8 Å². The minimum atomic E-state index is -0.506. The number of nitro benzene ring substituents is 1. The Morgan fingerprint density at radius 1 is 1.26 bits per heavy atom. The highest BCUT2D eigenvalue weighted by molar-refractivity contribution is 7.15. The van der Waals surface area contributed by atoms with Crippen LogP contribution in [0, 0.1) is 17.0 Å². The number of aromatic nitrogens is 2. The maximum atomic E-state index is 11.6. The molecule has 0 unspecified atom stereocenters. The molecule has 0 radical (unpaired) electrons. The van der Waals surface area contributed by atoms with Crippen molar-refractivity contribution in [2.24, 2.45) is 0 Å². The number of nitro groups is 1. The molecule has 2 amide bonds. The average Bonchev–Trinajstić information content (AvgIpc) is 2.75. The van der Waals surface area contributed by atoms with Crippen molar-refractivity contribution >= 4 is 33.9 Å². The zero-order valence-electron chi connectivity index (χ0n) is 9.78. The second kappa shape index (κ2) is 5.40. The minimum Gasteiger partial charge on any atom is -0.308 e. The van der Waals surface area contributed by atoms with Crippen molar-refractivity contribution in [2.75, 3.05) is 10.6 Å². The van der Waals surface area contributed by atoms with E-state index in [1.807, 2.05) is 0 Å². The van der Waals surface area contributed by atoms with Gasteiger partial charge in [-0.05, 0) is 19.1 Å². The fourth-order valence-corrected chi connectivity index (χ4v) is 1.86. The van der Waals surface area contributed by atoms with Crippen molar-refractivity contribution in [3.63, 3.8) is 0 Å². The number of hydrogen-bond acceptors (Lipinski definition) is 6. The fraction of sp³-hybridized carbons (Fsp3) is 0.100. The van der Waals surface area contributed by atoms with Gasteiger partial charge >= 0.3 is 6.03 Å². The molecule has 2 rings (SSSR count). The Kier molecular flexibility index (Phi) is 3.66. The van der Waals surface area contributed by atoms with Gasteiger partial charge in [0.25, 0.3) is 5.69 Å². The molecule has 2 N–H and O–H groups in total. The van der Waals surface area contributed by atoms with Crippen LogP contribution in [-0.2, 0) is 0 Å². The Balaban J connectivity index is 1.97. The lowest BCUT2D eigenvalue weighted by Gasteiger charge is -2.04. The summed E-state index contributed by atoms with van der Waals surface area (Å²) in [5.74, 6) is 0. The highest BCUT2D eigenvalue weighted by Gasteiger charge is 2.08. The number of carbonyl (C=O) groups excluding carboxylic acids is 1. The number of aryl methyl sites for hydroxylation is 1. The van der Waals surface area contributed by atoms with Crippen LogP contribution in [-0.4, -0.2) is 21.2 Å². The molecule has 0 saturated heterocycles. The van der Waals surface area contributed by atoms with E-state index in [1.165, 1.54) is 35.6 Å². The average molecular weight is 279 g/mol. The molecule has 1 aromatic carbocycles. The third-order valence-electron chi connectivity index (χ3n) is 2.08. The first-order valence-electron chi connectivity index (χ1n) is 5.17. The number of urea groups is 1. The molecule has 19 heavy (non-hydrogen) atoms. The van der Waals surface area contributed by atoms with Crippen LogP contribution in [0.3, 0.4) is 0 Å². The predicted molar refractivity (Wildman–Crippen MR) is 70.4 cm³/mol. The van der Waals surface area contributed by atoms with Gasteiger partial charge in [-0.2, -0.15) is 0 Å². The van der Waals surface area contributed by atoms with E-state index < -0.39 is 11.0 Å². The quantitative estimate of drug-likeness (QED) is 0.662. The first-order chi connectivity index (χ1) is 9.04. The molecule has 0 bridgehead atoms. The molecule has 0 saturated carbocycles. The van der Waals surface area contributed by atoms with Gasteiger partial charge in [-0.25, -0.2) is 4.79 Å². The Bertz CT molecular complexity index is 610. The van der Waals surface area contributed by atoms with Crippen LogP contribution >= 0.6 is 11.3 Å². The normalized spacial score (nSPS) is 9.95. The largest absolute Gasteiger partial charge is 0.325 e.